The molecule has 9 heteroatoms. The summed E-state index contributed by atoms with van der Waals surface area (Å²) in [5.74, 6) is -3.19. The van der Waals surface area contributed by atoms with Gasteiger partial charge in [-0.3, -0.25) is 9.59 Å². The summed E-state index contributed by atoms with van der Waals surface area (Å²) in [7, 11) is 2.67. The van der Waals surface area contributed by atoms with E-state index in [2.05, 4.69) is 10.6 Å². The van der Waals surface area contributed by atoms with Crippen molar-refractivity contribution in [2.24, 2.45) is 5.92 Å². The molecule has 1 aromatic carbocycles. The first-order chi connectivity index (χ1) is 12.2. The first kappa shape index (κ1) is 21.2. The van der Waals surface area contributed by atoms with Crippen molar-refractivity contribution in [2.75, 3.05) is 20.8 Å². The molecule has 8 nitrogen and oxygen atoms in total. The number of aliphatic carboxylic acids is 1. The molecule has 0 aliphatic heterocycles. The summed E-state index contributed by atoms with van der Waals surface area (Å²) in [6.07, 6.45) is 0.249. The topological polar surface area (TPSA) is 114 Å². The van der Waals surface area contributed by atoms with Gasteiger partial charge >= 0.3 is 5.97 Å². The summed E-state index contributed by atoms with van der Waals surface area (Å²) in [6, 6.07) is 1.09. The van der Waals surface area contributed by atoms with E-state index in [4.69, 9.17) is 14.6 Å². The molecule has 0 heterocycles. The van der Waals surface area contributed by atoms with Crippen molar-refractivity contribution in [3.63, 3.8) is 0 Å². The number of benzene rings is 1. The Morgan fingerprint density at radius 2 is 1.73 bits per heavy atom. The third-order valence-corrected chi connectivity index (χ3v) is 3.47. The maximum atomic E-state index is 14.0. The highest BCUT2D eigenvalue weighted by molar-refractivity contribution is 5.97. The average molecular weight is 370 g/mol. The highest BCUT2D eigenvalue weighted by Gasteiger charge is 2.22. The molecule has 144 valence electrons. The van der Waals surface area contributed by atoms with Gasteiger partial charge in [-0.1, -0.05) is 13.8 Å². The summed E-state index contributed by atoms with van der Waals surface area (Å²) in [4.78, 5) is 35.1. The fraction of sp³-hybridized carbons (Fsp3) is 0.471. The van der Waals surface area contributed by atoms with E-state index >= 15 is 0 Å². The summed E-state index contributed by atoms with van der Waals surface area (Å²) in [5.41, 5.74) is -0.326. The number of carboxylic acids is 1. The van der Waals surface area contributed by atoms with Crippen LogP contribution in [0.25, 0.3) is 0 Å². The molecule has 0 fully saturated rings. The van der Waals surface area contributed by atoms with Crippen molar-refractivity contribution < 1.29 is 33.4 Å². The largest absolute Gasteiger partial charge is 0.493 e. The molecule has 26 heavy (non-hydrogen) atoms. The second kappa shape index (κ2) is 9.59. The van der Waals surface area contributed by atoms with Gasteiger partial charge in [0.15, 0.2) is 11.5 Å². The van der Waals surface area contributed by atoms with Crippen LogP contribution < -0.4 is 20.1 Å². The number of ether oxygens (including phenoxy) is 2. The van der Waals surface area contributed by atoms with Crippen molar-refractivity contribution in [1.29, 1.82) is 0 Å². The van der Waals surface area contributed by atoms with Gasteiger partial charge in [-0.05, 0) is 18.4 Å². The Balaban J connectivity index is 2.74. The first-order valence-corrected chi connectivity index (χ1v) is 7.91. The lowest BCUT2D eigenvalue weighted by molar-refractivity contribution is -0.142. The van der Waals surface area contributed by atoms with Gasteiger partial charge in [-0.25, -0.2) is 9.18 Å². The molecule has 2 amide bonds. The van der Waals surface area contributed by atoms with Crippen molar-refractivity contribution in [1.82, 2.24) is 10.6 Å². The van der Waals surface area contributed by atoms with E-state index in [0.29, 0.717) is 0 Å². The molecule has 0 spiro atoms. The Labute approximate surface area is 150 Å². The average Bonchev–Trinajstić information content (AvgIpc) is 2.58. The van der Waals surface area contributed by atoms with Crippen LogP contribution in [0.4, 0.5) is 4.39 Å². The lowest BCUT2D eigenvalue weighted by Gasteiger charge is -2.16. The van der Waals surface area contributed by atoms with Crippen LogP contribution in [0.1, 0.15) is 30.6 Å². The van der Waals surface area contributed by atoms with E-state index < -0.39 is 36.2 Å². The summed E-state index contributed by atoms with van der Waals surface area (Å²) in [5, 5.41) is 13.7. The molecule has 0 aromatic heterocycles. The lowest BCUT2D eigenvalue weighted by Crippen LogP contribution is -2.46. The Kier molecular flexibility index (Phi) is 7.82. The zero-order chi connectivity index (χ0) is 19.9. The summed E-state index contributed by atoms with van der Waals surface area (Å²) >= 11 is 0. The number of carboxylic acid groups (broad SMARTS) is 1. The number of hydrogen-bond donors (Lipinski definition) is 3. The number of nitrogens with one attached hydrogen (secondary N) is 2. The second-order valence-electron chi connectivity index (χ2n) is 5.96. The van der Waals surface area contributed by atoms with Gasteiger partial charge in [0.2, 0.25) is 5.91 Å². The van der Waals surface area contributed by atoms with E-state index in [1.807, 2.05) is 13.8 Å². The molecule has 0 aliphatic rings. The molecule has 0 saturated heterocycles. The van der Waals surface area contributed by atoms with Crippen LogP contribution in [0, 0.1) is 11.7 Å². The predicted octanol–water partition coefficient (Wildman–Crippen LogP) is 1.19. The van der Waals surface area contributed by atoms with Crippen LogP contribution in [0.15, 0.2) is 12.1 Å². The van der Waals surface area contributed by atoms with E-state index in [1.54, 1.807) is 0 Å². The van der Waals surface area contributed by atoms with Gasteiger partial charge in [0.25, 0.3) is 5.91 Å². The third-order valence-electron chi connectivity index (χ3n) is 3.47. The van der Waals surface area contributed by atoms with Crippen LogP contribution in [0.5, 0.6) is 11.5 Å². The van der Waals surface area contributed by atoms with E-state index in [1.165, 1.54) is 14.2 Å². The fourth-order valence-electron chi connectivity index (χ4n) is 2.22. The normalized spacial score (nSPS) is 11.6. The smallest absolute Gasteiger partial charge is 0.326 e. The van der Waals surface area contributed by atoms with Crippen LogP contribution >= 0.6 is 0 Å². The zero-order valence-corrected chi connectivity index (χ0v) is 15.1. The molecule has 1 rings (SSSR count). The number of halogens is 1. The maximum Gasteiger partial charge on any atom is 0.326 e. The molecular weight excluding hydrogens is 347 g/mol. The Morgan fingerprint density at radius 3 is 2.23 bits per heavy atom. The van der Waals surface area contributed by atoms with Gasteiger partial charge in [0.1, 0.15) is 11.9 Å². The van der Waals surface area contributed by atoms with Crippen molar-refractivity contribution in [3.8, 4) is 11.5 Å². The number of rotatable bonds is 9. The van der Waals surface area contributed by atoms with Gasteiger partial charge < -0.3 is 25.2 Å². The van der Waals surface area contributed by atoms with Crippen LogP contribution in [-0.4, -0.2) is 49.7 Å². The van der Waals surface area contributed by atoms with Gasteiger partial charge in [0, 0.05) is 6.07 Å². The van der Waals surface area contributed by atoms with Crippen molar-refractivity contribution in [3.05, 3.63) is 23.5 Å². The molecule has 0 saturated carbocycles. The van der Waals surface area contributed by atoms with Crippen molar-refractivity contribution in [2.45, 2.75) is 26.3 Å². The SMILES string of the molecule is COc1cc(F)c(C(=O)NCC(=O)N[C@@H](CC(C)C)C(=O)O)cc1OC. The Hall–Kier alpha value is -2.84. The predicted molar refractivity (Wildman–Crippen MR) is 90.9 cm³/mol. The number of carbonyl (C=O) groups is 3. The van der Waals surface area contributed by atoms with Crippen molar-refractivity contribution >= 4 is 17.8 Å². The van der Waals surface area contributed by atoms with E-state index in [0.717, 1.165) is 12.1 Å². The monoisotopic (exact) mass is 370 g/mol. The van der Waals surface area contributed by atoms with Gasteiger partial charge in [-0.15, -0.1) is 0 Å². The molecule has 3 N–H and O–H groups in total. The molecule has 1 atom stereocenters. The van der Waals surface area contributed by atoms with Crippen LogP contribution in [-0.2, 0) is 9.59 Å². The molecule has 1 aromatic rings. The Morgan fingerprint density at radius 1 is 1.15 bits per heavy atom. The molecular formula is C17H23FN2O6. The minimum Gasteiger partial charge on any atom is -0.493 e. The molecule has 0 radical (unpaired) electrons. The summed E-state index contributed by atoms with van der Waals surface area (Å²) in [6.45, 7) is 3.15. The minimum atomic E-state index is -1.16. The standard InChI is InChI=1S/C17H23FN2O6/c1-9(2)5-12(17(23)24)20-15(21)8-19-16(22)10-6-13(25-3)14(26-4)7-11(10)18/h6-7,9,12H,5,8H2,1-4H3,(H,19,22)(H,20,21)(H,23,24)/t12-/m0/s1. The number of carbonyl (C=O) groups excluding carboxylic acids is 2. The summed E-state index contributed by atoms with van der Waals surface area (Å²) < 4.78 is 24.0. The van der Waals surface area contributed by atoms with E-state index in [9.17, 15) is 18.8 Å². The van der Waals surface area contributed by atoms with Crippen LogP contribution in [0.2, 0.25) is 0 Å². The van der Waals surface area contributed by atoms with E-state index in [-0.39, 0.29) is 29.4 Å². The molecule has 0 unspecified atom stereocenters. The van der Waals surface area contributed by atoms with Crippen LogP contribution in [0.3, 0.4) is 0 Å². The molecule has 0 aliphatic carbocycles. The lowest BCUT2D eigenvalue weighted by atomic mass is 10.0. The first-order valence-electron chi connectivity index (χ1n) is 7.91. The fourth-order valence-corrected chi connectivity index (χ4v) is 2.22. The highest BCUT2D eigenvalue weighted by atomic mass is 19.1. The quantitative estimate of drug-likeness (QED) is 0.602. The Bertz CT molecular complexity index is 677. The highest BCUT2D eigenvalue weighted by Crippen LogP contribution is 2.29. The third kappa shape index (κ3) is 5.91. The number of hydrogen-bond acceptors (Lipinski definition) is 5. The molecule has 0 bridgehead atoms. The zero-order valence-electron chi connectivity index (χ0n) is 15.1. The minimum absolute atomic E-state index is 0.0619. The maximum absolute atomic E-state index is 14.0. The second-order valence-corrected chi connectivity index (χ2v) is 5.96. The van der Waals surface area contributed by atoms with Gasteiger partial charge in [0.05, 0.1) is 26.3 Å². The number of amides is 2. The number of methoxy groups -OCH3 is 2. The van der Waals surface area contributed by atoms with Gasteiger partial charge in [-0.2, -0.15) is 0 Å².